The minimum absolute atomic E-state index is 0.516. The Balaban J connectivity index is 1.77. The van der Waals surface area contributed by atoms with E-state index in [0.717, 1.165) is 17.0 Å². The number of nitrogens with zero attached hydrogens (tertiary/aromatic N) is 4. The van der Waals surface area contributed by atoms with Crippen molar-refractivity contribution < 1.29 is 0 Å². The highest BCUT2D eigenvalue weighted by molar-refractivity contribution is 5.74. The van der Waals surface area contributed by atoms with Crippen LogP contribution >= 0.6 is 0 Å². The van der Waals surface area contributed by atoms with Crippen LogP contribution in [-0.2, 0) is 0 Å². The van der Waals surface area contributed by atoms with E-state index in [1.54, 1.807) is 0 Å². The molecule has 5 heteroatoms. The van der Waals surface area contributed by atoms with E-state index in [2.05, 4.69) is 32.4 Å². The quantitative estimate of drug-likeness (QED) is 0.925. The van der Waals surface area contributed by atoms with Gasteiger partial charge >= 0.3 is 0 Å². The molecule has 1 N–H and O–H groups in total. The molecule has 5 nitrogen and oxygen atoms in total. The van der Waals surface area contributed by atoms with Crippen molar-refractivity contribution in [3.63, 3.8) is 0 Å². The van der Waals surface area contributed by atoms with Crippen LogP contribution in [0.4, 0.5) is 5.95 Å². The van der Waals surface area contributed by atoms with Crippen molar-refractivity contribution in [3.8, 4) is 0 Å². The molecule has 0 unspecified atom stereocenters. The van der Waals surface area contributed by atoms with Crippen LogP contribution in [0.25, 0.3) is 11.0 Å². The second-order valence-corrected chi connectivity index (χ2v) is 5.51. The fourth-order valence-corrected chi connectivity index (χ4v) is 2.94. The maximum absolute atomic E-state index is 4.63. The normalized spacial score (nSPS) is 22.9. The lowest BCUT2D eigenvalue weighted by Crippen LogP contribution is -2.40. The van der Waals surface area contributed by atoms with Gasteiger partial charge < -0.3 is 10.2 Å². The summed E-state index contributed by atoms with van der Waals surface area (Å²) >= 11 is 0. The average Bonchev–Trinajstić information content (AvgIpc) is 2.54. The van der Waals surface area contributed by atoms with Crippen LogP contribution in [0.2, 0.25) is 0 Å². The van der Waals surface area contributed by atoms with Gasteiger partial charge in [-0.15, -0.1) is 10.2 Å². The molecule has 2 aromatic rings. The Kier molecular flexibility index (Phi) is 3.78. The molecule has 106 valence electrons. The first-order chi connectivity index (χ1) is 9.78. The molecule has 1 heterocycles. The number of fused-ring (bicyclic) bond motifs is 1. The third-order valence-corrected chi connectivity index (χ3v) is 4.32. The molecule has 3 rings (SSSR count). The molecule has 1 aliphatic rings. The molecule has 0 radical (unpaired) electrons. The molecule has 1 aromatic heterocycles. The molecule has 1 aromatic carbocycles. The smallest absolute Gasteiger partial charge is 0.245 e. The van der Waals surface area contributed by atoms with Crippen molar-refractivity contribution in [2.24, 2.45) is 0 Å². The maximum atomic E-state index is 4.63. The van der Waals surface area contributed by atoms with E-state index in [1.807, 2.05) is 31.3 Å². The molecule has 0 bridgehead atoms. The summed E-state index contributed by atoms with van der Waals surface area (Å²) in [4.78, 5) is 6.81. The SMILES string of the molecule is CNC1CCC(N(C)c2nnc3ccccc3n2)CC1. The predicted molar refractivity (Wildman–Crippen MR) is 80.8 cm³/mol. The van der Waals surface area contributed by atoms with E-state index in [9.17, 15) is 0 Å². The Hall–Kier alpha value is -1.75. The van der Waals surface area contributed by atoms with Crippen LogP contribution in [0.15, 0.2) is 24.3 Å². The zero-order chi connectivity index (χ0) is 13.9. The Bertz CT molecular complexity index is 577. The van der Waals surface area contributed by atoms with Crippen LogP contribution in [0.3, 0.4) is 0 Å². The second-order valence-electron chi connectivity index (χ2n) is 5.51. The van der Waals surface area contributed by atoms with Crippen molar-refractivity contribution in [1.29, 1.82) is 0 Å². The van der Waals surface area contributed by atoms with E-state index in [-0.39, 0.29) is 0 Å². The van der Waals surface area contributed by atoms with Crippen molar-refractivity contribution in [2.45, 2.75) is 37.8 Å². The standard InChI is InChI=1S/C15H21N5/c1-16-11-7-9-12(10-8-11)20(2)15-17-13-5-3-4-6-14(13)18-19-15/h3-6,11-12,16H,7-10H2,1-2H3. The number of benzene rings is 1. The lowest BCUT2D eigenvalue weighted by atomic mass is 9.90. The monoisotopic (exact) mass is 271 g/mol. The van der Waals surface area contributed by atoms with Gasteiger partial charge in [-0.05, 0) is 44.9 Å². The third-order valence-electron chi connectivity index (χ3n) is 4.32. The van der Waals surface area contributed by atoms with E-state index < -0.39 is 0 Å². The molecule has 0 aliphatic heterocycles. The summed E-state index contributed by atoms with van der Waals surface area (Å²) in [5.74, 6) is 0.733. The number of nitrogens with one attached hydrogen (secondary N) is 1. The maximum Gasteiger partial charge on any atom is 0.245 e. The van der Waals surface area contributed by atoms with Crippen molar-refractivity contribution in [2.75, 3.05) is 19.0 Å². The molecule has 1 saturated carbocycles. The molecular weight excluding hydrogens is 250 g/mol. The van der Waals surface area contributed by atoms with Crippen LogP contribution in [-0.4, -0.2) is 41.4 Å². The highest BCUT2D eigenvalue weighted by atomic mass is 15.3. The summed E-state index contributed by atoms with van der Waals surface area (Å²) in [6, 6.07) is 9.05. The highest BCUT2D eigenvalue weighted by Gasteiger charge is 2.24. The van der Waals surface area contributed by atoms with Crippen LogP contribution < -0.4 is 10.2 Å². The zero-order valence-corrected chi connectivity index (χ0v) is 12.1. The largest absolute Gasteiger partial charge is 0.340 e. The van der Waals surface area contributed by atoms with Gasteiger partial charge in [0.1, 0.15) is 5.52 Å². The van der Waals surface area contributed by atoms with Crippen molar-refractivity contribution in [3.05, 3.63) is 24.3 Å². The van der Waals surface area contributed by atoms with E-state index in [4.69, 9.17) is 0 Å². The lowest BCUT2D eigenvalue weighted by molar-refractivity contribution is 0.349. The molecule has 20 heavy (non-hydrogen) atoms. The van der Waals surface area contributed by atoms with Crippen molar-refractivity contribution in [1.82, 2.24) is 20.5 Å². The summed E-state index contributed by atoms with van der Waals surface area (Å²) in [6.07, 6.45) is 4.79. The Morgan fingerprint density at radius 2 is 1.75 bits per heavy atom. The van der Waals surface area contributed by atoms with Gasteiger partial charge in [-0.3, -0.25) is 0 Å². The van der Waals surface area contributed by atoms with Gasteiger partial charge in [-0.2, -0.15) is 0 Å². The Morgan fingerprint density at radius 3 is 2.45 bits per heavy atom. The summed E-state index contributed by atoms with van der Waals surface area (Å²) in [7, 11) is 4.13. The van der Waals surface area contributed by atoms with Gasteiger partial charge in [0.2, 0.25) is 5.95 Å². The number of hydrogen-bond donors (Lipinski definition) is 1. The first-order valence-corrected chi connectivity index (χ1v) is 7.27. The highest BCUT2D eigenvalue weighted by Crippen LogP contribution is 2.24. The minimum Gasteiger partial charge on any atom is -0.340 e. The fraction of sp³-hybridized carbons (Fsp3) is 0.533. The minimum atomic E-state index is 0.516. The number of anilines is 1. The second kappa shape index (κ2) is 5.71. The molecular formula is C15H21N5. The van der Waals surface area contributed by atoms with Gasteiger partial charge in [-0.1, -0.05) is 12.1 Å². The molecule has 0 saturated heterocycles. The van der Waals surface area contributed by atoms with Crippen LogP contribution in [0.1, 0.15) is 25.7 Å². The van der Waals surface area contributed by atoms with Gasteiger partial charge in [-0.25, -0.2) is 4.98 Å². The third kappa shape index (κ3) is 2.58. The summed E-state index contributed by atoms with van der Waals surface area (Å²) in [5.41, 5.74) is 1.76. The number of rotatable bonds is 3. The summed E-state index contributed by atoms with van der Waals surface area (Å²) in [6.45, 7) is 0. The number of aromatic nitrogens is 3. The average molecular weight is 271 g/mol. The van der Waals surface area contributed by atoms with Gasteiger partial charge in [0, 0.05) is 19.1 Å². The first-order valence-electron chi connectivity index (χ1n) is 7.27. The van der Waals surface area contributed by atoms with Gasteiger partial charge in [0.15, 0.2) is 0 Å². The molecule has 0 spiro atoms. The summed E-state index contributed by atoms with van der Waals surface area (Å²) in [5, 5.41) is 11.9. The first kappa shape index (κ1) is 13.2. The Labute approximate surface area is 119 Å². The lowest BCUT2D eigenvalue weighted by Gasteiger charge is -2.34. The van der Waals surface area contributed by atoms with Gasteiger partial charge in [0.05, 0.1) is 5.52 Å². The zero-order valence-electron chi connectivity index (χ0n) is 12.1. The number of para-hydroxylation sites is 1. The topological polar surface area (TPSA) is 53.9 Å². The molecule has 1 aliphatic carbocycles. The predicted octanol–water partition coefficient (Wildman–Crippen LogP) is 1.99. The van der Waals surface area contributed by atoms with Crippen molar-refractivity contribution >= 4 is 17.0 Å². The Morgan fingerprint density at radius 1 is 1.05 bits per heavy atom. The van der Waals surface area contributed by atoms with Crippen LogP contribution in [0.5, 0.6) is 0 Å². The number of hydrogen-bond acceptors (Lipinski definition) is 5. The summed E-state index contributed by atoms with van der Waals surface area (Å²) < 4.78 is 0. The molecule has 0 amide bonds. The van der Waals surface area contributed by atoms with Gasteiger partial charge in [0.25, 0.3) is 0 Å². The van der Waals surface area contributed by atoms with E-state index in [0.29, 0.717) is 12.1 Å². The molecule has 0 atom stereocenters. The van der Waals surface area contributed by atoms with Crippen LogP contribution in [0, 0.1) is 0 Å². The fourth-order valence-electron chi connectivity index (χ4n) is 2.94. The van der Waals surface area contributed by atoms with E-state index in [1.165, 1.54) is 25.7 Å². The van der Waals surface area contributed by atoms with E-state index >= 15 is 0 Å². The molecule has 1 fully saturated rings.